The summed E-state index contributed by atoms with van der Waals surface area (Å²) in [4.78, 5) is 10.9. The summed E-state index contributed by atoms with van der Waals surface area (Å²) in [7, 11) is 1.35. The van der Waals surface area contributed by atoms with Crippen LogP contribution in [0.3, 0.4) is 0 Å². The van der Waals surface area contributed by atoms with E-state index in [2.05, 4.69) is 20.7 Å². The van der Waals surface area contributed by atoms with Gasteiger partial charge in [-0.05, 0) is 30.5 Å². The second-order valence-electron chi connectivity index (χ2n) is 3.64. The number of halogens is 1. The Morgan fingerprint density at radius 1 is 1.56 bits per heavy atom. The fraction of sp³-hybridized carbons (Fsp3) is 0.417. The number of rotatable bonds is 4. The van der Waals surface area contributed by atoms with Crippen molar-refractivity contribution >= 4 is 21.9 Å². The summed E-state index contributed by atoms with van der Waals surface area (Å²) in [6.07, 6.45) is -0.00791. The molecule has 0 aromatic heterocycles. The first-order valence-electron chi connectivity index (χ1n) is 5.05. The minimum Gasteiger partial charge on any atom is -0.469 e. The van der Waals surface area contributed by atoms with Crippen LogP contribution in [0.25, 0.3) is 0 Å². The molecule has 0 spiro atoms. The van der Waals surface area contributed by atoms with Crippen LogP contribution in [-0.2, 0) is 9.53 Å². The predicted octanol–water partition coefficient (Wildman–Crippen LogP) is 2.74. The van der Waals surface area contributed by atoms with Gasteiger partial charge in [-0.2, -0.15) is 0 Å². The van der Waals surface area contributed by atoms with Crippen molar-refractivity contribution in [2.24, 2.45) is 0 Å². The summed E-state index contributed by atoms with van der Waals surface area (Å²) < 4.78 is 5.53. The lowest BCUT2D eigenvalue weighted by molar-refractivity contribution is -0.141. The molecule has 1 atom stereocenters. The largest absolute Gasteiger partial charge is 0.469 e. The molecule has 0 amide bonds. The van der Waals surface area contributed by atoms with Crippen molar-refractivity contribution in [1.29, 1.82) is 0 Å². The highest BCUT2D eigenvalue weighted by molar-refractivity contribution is 9.10. The van der Waals surface area contributed by atoms with Gasteiger partial charge < -0.3 is 9.84 Å². The Morgan fingerprint density at radius 2 is 2.25 bits per heavy atom. The number of hydrogen-bond donors (Lipinski definition) is 1. The average molecular weight is 287 g/mol. The quantitative estimate of drug-likeness (QED) is 0.866. The molecule has 0 saturated heterocycles. The zero-order chi connectivity index (χ0) is 12.1. The first-order chi connectivity index (χ1) is 7.54. The summed E-state index contributed by atoms with van der Waals surface area (Å²) in [5, 5.41) is 9.86. The molecule has 0 fully saturated rings. The van der Waals surface area contributed by atoms with E-state index in [0.717, 1.165) is 15.6 Å². The molecule has 16 heavy (non-hydrogen) atoms. The Bertz CT molecular complexity index is 377. The zero-order valence-electron chi connectivity index (χ0n) is 9.37. The number of esters is 1. The van der Waals surface area contributed by atoms with Crippen molar-refractivity contribution < 1.29 is 14.6 Å². The van der Waals surface area contributed by atoms with Crippen LogP contribution in [0.5, 0.6) is 0 Å². The molecule has 4 heteroatoms. The van der Waals surface area contributed by atoms with E-state index in [4.69, 9.17) is 0 Å². The molecule has 0 heterocycles. The topological polar surface area (TPSA) is 46.5 Å². The lowest BCUT2D eigenvalue weighted by Gasteiger charge is -2.11. The fourth-order valence-electron chi connectivity index (χ4n) is 1.40. The summed E-state index contributed by atoms with van der Waals surface area (Å²) in [6, 6.07) is 5.65. The lowest BCUT2D eigenvalue weighted by atomic mass is 10.0. The van der Waals surface area contributed by atoms with Crippen LogP contribution in [-0.4, -0.2) is 18.2 Å². The molecule has 1 aromatic carbocycles. The average Bonchev–Trinajstić information content (AvgIpc) is 2.29. The van der Waals surface area contributed by atoms with Crippen LogP contribution in [0.2, 0.25) is 0 Å². The number of aliphatic hydroxyl groups is 1. The van der Waals surface area contributed by atoms with Crippen LogP contribution in [0.1, 0.15) is 30.1 Å². The van der Waals surface area contributed by atoms with Gasteiger partial charge in [-0.1, -0.05) is 28.1 Å². The summed E-state index contributed by atoms with van der Waals surface area (Å²) >= 11 is 3.40. The van der Waals surface area contributed by atoms with Crippen LogP contribution < -0.4 is 0 Å². The van der Waals surface area contributed by atoms with Crippen molar-refractivity contribution in [3.63, 3.8) is 0 Å². The molecule has 0 aliphatic rings. The molecule has 0 bridgehead atoms. The Balaban J connectivity index is 2.62. The first kappa shape index (κ1) is 13.2. The maximum atomic E-state index is 10.9. The second-order valence-corrected chi connectivity index (χ2v) is 4.49. The van der Waals surface area contributed by atoms with Gasteiger partial charge >= 0.3 is 5.97 Å². The minimum atomic E-state index is -0.620. The molecule has 1 aromatic rings. The smallest absolute Gasteiger partial charge is 0.305 e. The van der Waals surface area contributed by atoms with Gasteiger partial charge in [0.25, 0.3) is 0 Å². The maximum absolute atomic E-state index is 10.9. The van der Waals surface area contributed by atoms with Gasteiger partial charge in [-0.25, -0.2) is 0 Å². The molecule has 1 N–H and O–H groups in total. The summed E-state index contributed by atoms with van der Waals surface area (Å²) in [5.41, 5.74) is 1.89. The third kappa shape index (κ3) is 3.61. The highest BCUT2D eigenvalue weighted by atomic mass is 79.9. The molecular formula is C12H15BrO3. The van der Waals surface area contributed by atoms with Crippen molar-refractivity contribution in [2.45, 2.75) is 25.9 Å². The first-order valence-corrected chi connectivity index (χ1v) is 5.85. The third-order valence-corrected chi connectivity index (χ3v) is 3.31. The summed E-state index contributed by atoms with van der Waals surface area (Å²) in [5.74, 6) is -0.298. The molecule has 0 radical (unpaired) electrons. The van der Waals surface area contributed by atoms with Gasteiger partial charge in [0, 0.05) is 10.9 Å². The number of aryl methyl sites for hydroxylation is 1. The van der Waals surface area contributed by atoms with E-state index in [9.17, 15) is 9.90 Å². The van der Waals surface area contributed by atoms with Crippen LogP contribution >= 0.6 is 15.9 Å². The van der Waals surface area contributed by atoms with E-state index in [1.54, 1.807) is 0 Å². The number of methoxy groups -OCH3 is 1. The normalized spacial score (nSPS) is 12.2. The highest BCUT2D eigenvalue weighted by Gasteiger charge is 2.11. The van der Waals surface area contributed by atoms with Gasteiger partial charge in [-0.3, -0.25) is 4.79 Å². The molecular weight excluding hydrogens is 272 g/mol. The van der Waals surface area contributed by atoms with Gasteiger partial charge in [-0.15, -0.1) is 0 Å². The van der Waals surface area contributed by atoms with E-state index < -0.39 is 6.10 Å². The Morgan fingerprint density at radius 3 is 2.81 bits per heavy atom. The molecule has 1 unspecified atom stereocenters. The third-order valence-electron chi connectivity index (χ3n) is 2.42. The lowest BCUT2D eigenvalue weighted by Crippen LogP contribution is -2.05. The molecule has 0 aliphatic carbocycles. The Kier molecular flexibility index (Phi) is 4.96. The predicted molar refractivity (Wildman–Crippen MR) is 65.1 cm³/mol. The van der Waals surface area contributed by atoms with E-state index >= 15 is 0 Å². The number of aliphatic hydroxyl groups excluding tert-OH is 1. The standard InChI is InChI=1S/C12H15BrO3/c1-8-7-9(3-4-10(8)13)11(14)5-6-12(15)16-2/h3-4,7,11,14H,5-6H2,1-2H3. The monoisotopic (exact) mass is 286 g/mol. The van der Waals surface area contributed by atoms with Gasteiger partial charge in [0.05, 0.1) is 13.2 Å². The number of ether oxygens (including phenoxy) is 1. The maximum Gasteiger partial charge on any atom is 0.305 e. The van der Waals surface area contributed by atoms with E-state index in [1.807, 2.05) is 25.1 Å². The molecule has 0 saturated carbocycles. The van der Waals surface area contributed by atoms with E-state index in [-0.39, 0.29) is 12.4 Å². The minimum absolute atomic E-state index is 0.229. The number of carbonyl (C=O) groups is 1. The Hall–Kier alpha value is -0.870. The van der Waals surface area contributed by atoms with Crippen molar-refractivity contribution in [3.05, 3.63) is 33.8 Å². The number of hydrogen-bond acceptors (Lipinski definition) is 3. The second kappa shape index (κ2) is 6.01. The highest BCUT2D eigenvalue weighted by Crippen LogP contribution is 2.23. The fourth-order valence-corrected chi connectivity index (χ4v) is 1.65. The van der Waals surface area contributed by atoms with E-state index in [0.29, 0.717) is 6.42 Å². The SMILES string of the molecule is COC(=O)CCC(O)c1ccc(Br)c(C)c1. The van der Waals surface area contributed by atoms with Gasteiger partial charge in [0.1, 0.15) is 0 Å². The molecule has 0 aliphatic heterocycles. The zero-order valence-corrected chi connectivity index (χ0v) is 11.0. The van der Waals surface area contributed by atoms with Gasteiger partial charge in [0.15, 0.2) is 0 Å². The molecule has 88 valence electrons. The summed E-state index contributed by atoms with van der Waals surface area (Å²) in [6.45, 7) is 1.96. The van der Waals surface area contributed by atoms with Crippen LogP contribution in [0.4, 0.5) is 0 Å². The molecule has 1 rings (SSSR count). The van der Waals surface area contributed by atoms with Crippen molar-refractivity contribution in [1.82, 2.24) is 0 Å². The van der Waals surface area contributed by atoms with Crippen molar-refractivity contribution in [3.8, 4) is 0 Å². The number of benzene rings is 1. The van der Waals surface area contributed by atoms with Gasteiger partial charge in [0.2, 0.25) is 0 Å². The van der Waals surface area contributed by atoms with E-state index in [1.165, 1.54) is 7.11 Å². The molecule has 3 nitrogen and oxygen atoms in total. The van der Waals surface area contributed by atoms with Crippen molar-refractivity contribution in [2.75, 3.05) is 7.11 Å². The van der Waals surface area contributed by atoms with Crippen LogP contribution in [0.15, 0.2) is 22.7 Å². The number of carbonyl (C=O) groups excluding carboxylic acids is 1. The van der Waals surface area contributed by atoms with Crippen LogP contribution in [0, 0.1) is 6.92 Å². The Labute approximate surface area is 104 Å².